The summed E-state index contributed by atoms with van der Waals surface area (Å²) in [6.45, 7) is 10.6. The van der Waals surface area contributed by atoms with Crippen molar-refractivity contribution in [2.75, 3.05) is 92.5 Å². The molecule has 0 aromatic rings. The third kappa shape index (κ3) is 44.8. The van der Waals surface area contributed by atoms with Crippen molar-refractivity contribution < 1.29 is 47.5 Å². The Morgan fingerprint density at radius 1 is 0.275 bits per heavy atom. The highest BCUT2D eigenvalue weighted by atomic mass is 16.6. The average molecular weight is 733 g/mol. The van der Waals surface area contributed by atoms with Gasteiger partial charge in [0.25, 0.3) is 0 Å². The Hall–Kier alpha value is -1.30. The quantitative estimate of drug-likeness (QED) is 0.0445. The minimum atomic E-state index is -0.142. The summed E-state index contributed by atoms with van der Waals surface area (Å²) >= 11 is 0. The van der Waals surface area contributed by atoms with Crippen LogP contribution in [0.2, 0.25) is 0 Å². The van der Waals surface area contributed by atoms with Gasteiger partial charge in [0.2, 0.25) is 0 Å². The van der Waals surface area contributed by atoms with Crippen molar-refractivity contribution in [3.63, 3.8) is 0 Å². The monoisotopic (exact) mass is 733 g/mol. The summed E-state index contributed by atoms with van der Waals surface area (Å²) in [5, 5.41) is 0. The van der Waals surface area contributed by atoms with E-state index in [-0.39, 0.29) is 25.2 Å². The second-order valence-corrected chi connectivity index (χ2v) is 13.3. The number of esters is 2. The lowest BCUT2D eigenvalue weighted by atomic mass is 10.0. The normalized spacial score (nSPS) is 11.3. The van der Waals surface area contributed by atoms with E-state index in [4.69, 9.17) is 37.9 Å². The van der Waals surface area contributed by atoms with Crippen molar-refractivity contribution in [1.82, 2.24) is 0 Å². The molecule has 0 aromatic heterocycles. The first-order chi connectivity index (χ1) is 25.2. The minimum Gasteiger partial charge on any atom is -0.463 e. The second kappa shape index (κ2) is 44.9. The van der Waals surface area contributed by atoms with E-state index in [0.29, 0.717) is 92.1 Å². The maximum Gasteiger partial charge on any atom is 0.305 e. The van der Waals surface area contributed by atoms with Gasteiger partial charge in [-0.25, -0.2) is 0 Å². The third-order valence-corrected chi connectivity index (χ3v) is 8.56. The van der Waals surface area contributed by atoms with Crippen LogP contribution in [0, 0.1) is 0 Å². The Bertz CT molecular complexity index is 693. The molecule has 0 saturated carbocycles. The average Bonchev–Trinajstić information content (AvgIpc) is 3.13. The molecule has 0 spiro atoms. The predicted molar refractivity (Wildman–Crippen MR) is 204 cm³/mol. The fourth-order valence-electron chi connectivity index (χ4n) is 5.47. The number of hydrogen-bond donors (Lipinski definition) is 0. The summed E-state index contributed by atoms with van der Waals surface area (Å²) in [6, 6.07) is 0. The summed E-state index contributed by atoms with van der Waals surface area (Å²) in [5.41, 5.74) is 0. The van der Waals surface area contributed by atoms with E-state index >= 15 is 0 Å². The highest BCUT2D eigenvalue weighted by Crippen LogP contribution is 2.14. The first-order valence-electron chi connectivity index (χ1n) is 21.0. The molecule has 0 rings (SSSR count). The zero-order valence-electron chi connectivity index (χ0n) is 33.2. The summed E-state index contributed by atoms with van der Waals surface area (Å²) in [6.07, 6.45) is 27.7. The summed E-state index contributed by atoms with van der Waals surface area (Å²) in [7, 11) is 0. The van der Waals surface area contributed by atoms with Gasteiger partial charge in [-0.2, -0.15) is 0 Å². The Labute approximate surface area is 313 Å². The first-order valence-corrected chi connectivity index (χ1v) is 21.0. The molecular formula is C41H80O10. The molecule has 10 nitrogen and oxygen atoms in total. The van der Waals surface area contributed by atoms with Gasteiger partial charge in [-0.1, -0.05) is 136 Å². The lowest BCUT2D eigenvalue weighted by molar-refractivity contribution is -0.146. The molecule has 0 radical (unpaired) electrons. The predicted octanol–water partition coefficient (Wildman–Crippen LogP) is 9.18. The van der Waals surface area contributed by atoms with Crippen molar-refractivity contribution in [1.29, 1.82) is 0 Å². The van der Waals surface area contributed by atoms with Crippen molar-refractivity contribution in [3.8, 4) is 0 Å². The van der Waals surface area contributed by atoms with Gasteiger partial charge in [0.15, 0.2) is 0 Å². The van der Waals surface area contributed by atoms with Gasteiger partial charge in [0.05, 0.1) is 79.3 Å². The van der Waals surface area contributed by atoms with E-state index < -0.39 is 0 Å². The van der Waals surface area contributed by atoms with Crippen LogP contribution in [0.25, 0.3) is 0 Å². The van der Waals surface area contributed by atoms with Crippen molar-refractivity contribution >= 4 is 11.9 Å². The number of hydrogen-bond acceptors (Lipinski definition) is 10. The second-order valence-electron chi connectivity index (χ2n) is 13.3. The largest absolute Gasteiger partial charge is 0.463 e. The van der Waals surface area contributed by atoms with Gasteiger partial charge >= 0.3 is 11.9 Å². The number of rotatable bonds is 44. The van der Waals surface area contributed by atoms with Crippen LogP contribution in [0.15, 0.2) is 0 Å². The molecule has 0 amide bonds. The maximum atomic E-state index is 11.9. The zero-order valence-corrected chi connectivity index (χ0v) is 33.2. The van der Waals surface area contributed by atoms with E-state index in [9.17, 15) is 9.59 Å². The van der Waals surface area contributed by atoms with Gasteiger partial charge in [-0.3, -0.25) is 9.59 Å². The van der Waals surface area contributed by atoms with Crippen LogP contribution in [0.3, 0.4) is 0 Å². The topological polar surface area (TPSA) is 108 Å². The Morgan fingerprint density at radius 3 is 0.706 bits per heavy atom. The van der Waals surface area contributed by atoms with Crippen LogP contribution in [0.5, 0.6) is 0 Å². The highest BCUT2D eigenvalue weighted by Gasteiger charge is 2.04. The summed E-state index contributed by atoms with van der Waals surface area (Å²) in [5.74, 6) is -0.273. The van der Waals surface area contributed by atoms with Crippen LogP contribution < -0.4 is 0 Å². The van der Waals surface area contributed by atoms with Gasteiger partial charge in [-0.15, -0.1) is 0 Å². The van der Waals surface area contributed by atoms with Crippen LogP contribution in [-0.4, -0.2) is 104 Å². The molecule has 0 bridgehead atoms. The molecule has 0 saturated heterocycles. The van der Waals surface area contributed by atoms with Crippen LogP contribution in [0.4, 0.5) is 0 Å². The highest BCUT2D eigenvalue weighted by molar-refractivity contribution is 5.69. The van der Waals surface area contributed by atoms with E-state index in [1.807, 2.05) is 0 Å². The Kier molecular flexibility index (Phi) is 43.7. The van der Waals surface area contributed by atoms with Gasteiger partial charge in [-0.05, 0) is 12.8 Å². The molecule has 0 heterocycles. The Balaban J connectivity index is 3.17. The molecule has 0 N–H and O–H groups in total. The molecule has 304 valence electrons. The zero-order chi connectivity index (χ0) is 37.0. The lowest BCUT2D eigenvalue weighted by Crippen LogP contribution is -2.15. The molecule has 0 aliphatic heterocycles. The van der Waals surface area contributed by atoms with E-state index in [1.165, 1.54) is 109 Å². The SMILES string of the molecule is CCCCCCCCCCCCCCCCCC(=O)OCCOCCOCCOCCOCCOCCOCCOC(=O)CCCCCCCC. The molecule has 0 unspecified atom stereocenters. The van der Waals surface area contributed by atoms with Crippen LogP contribution >= 0.6 is 0 Å². The van der Waals surface area contributed by atoms with Gasteiger partial charge < -0.3 is 37.9 Å². The molecule has 0 aliphatic rings. The van der Waals surface area contributed by atoms with Crippen molar-refractivity contribution in [2.24, 2.45) is 0 Å². The fourth-order valence-corrected chi connectivity index (χ4v) is 5.47. The molecule has 51 heavy (non-hydrogen) atoms. The minimum absolute atomic E-state index is 0.130. The van der Waals surface area contributed by atoms with E-state index in [0.717, 1.165) is 25.7 Å². The standard InChI is InChI=1S/C41H80O10/c1-3-5-7-9-11-12-13-14-15-16-17-18-19-21-23-25-41(43)51-39-37-49-35-33-47-31-29-45-27-26-44-28-30-46-32-34-48-36-38-50-40(42)24-22-20-10-8-6-4-2/h3-39H2,1-2H3. The van der Waals surface area contributed by atoms with Gasteiger partial charge in [0, 0.05) is 12.8 Å². The summed E-state index contributed by atoms with van der Waals surface area (Å²) in [4.78, 5) is 23.6. The number of carbonyl (C=O) groups is 2. The fraction of sp³-hybridized carbons (Fsp3) is 0.951. The molecule has 0 aromatic carbocycles. The molecule has 0 aliphatic carbocycles. The number of ether oxygens (including phenoxy) is 8. The van der Waals surface area contributed by atoms with Crippen LogP contribution in [0.1, 0.15) is 162 Å². The Morgan fingerprint density at radius 2 is 0.471 bits per heavy atom. The van der Waals surface area contributed by atoms with E-state index in [2.05, 4.69) is 13.8 Å². The number of carbonyl (C=O) groups excluding carboxylic acids is 2. The molecule has 0 atom stereocenters. The van der Waals surface area contributed by atoms with Crippen molar-refractivity contribution in [2.45, 2.75) is 162 Å². The smallest absolute Gasteiger partial charge is 0.305 e. The third-order valence-electron chi connectivity index (χ3n) is 8.56. The maximum absolute atomic E-state index is 11.9. The molecular weight excluding hydrogens is 652 g/mol. The summed E-state index contributed by atoms with van der Waals surface area (Å²) < 4.78 is 43.3. The number of unbranched alkanes of at least 4 members (excludes halogenated alkanes) is 19. The molecule has 10 heteroatoms. The lowest BCUT2D eigenvalue weighted by Gasteiger charge is -2.09. The first kappa shape index (κ1) is 49.7. The van der Waals surface area contributed by atoms with Crippen LogP contribution in [-0.2, 0) is 47.5 Å². The van der Waals surface area contributed by atoms with Gasteiger partial charge in [0.1, 0.15) is 13.2 Å². The molecule has 0 fully saturated rings. The van der Waals surface area contributed by atoms with Crippen molar-refractivity contribution in [3.05, 3.63) is 0 Å². The van der Waals surface area contributed by atoms with E-state index in [1.54, 1.807) is 0 Å².